The number of thiol groups is 1. The van der Waals surface area contributed by atoms with Crippen LogP contribution in [0.5, 0.6) is 0 Å². The molecule has 0 aromatic carbocycles. The van der Waals surface area contributed by atoms with Gasteiger partial charge in [-0.2, -0.15) is 12.6 Å². The molecule has 71 heavy (non-hydrogen) atoms. The predicted molar refractivity (Wildman–Crippen MR) is 266 cm³/mol. The number of ether oxygens (including phenoxy) is 7. The second kappa shape index (κ2) is 26.4. The number of amides is 2. The molecule has 0 aromatic heterocycles. The highest BCUT2D eigenvalue weighted by atomic mass is 32.2. The molecule has 0 bridgehead atoms. The molecule has 0 aromatic rings. The lowest BCUT2D eigenvalue weighted by atomic mass is 9.77. The summed E-state index contributed by atoms with van der Waals surface area (Å²) in [6.45, 7) is 19.6. The SMILES string of the molecule is CC[C@H]1OC(=O)[C@H](C)[C@@H](O[C@H]2C[C@@](C)(OC)[C@@H](O)[C@H](C)O2)[C@H](C)[C@@H](O[C@@H]2O[C@H](C)C[C@H](N(C)C)[C@H]2OC(=O)[C@H](CSN(C(C)=O)[C@@H](CS)C(=O)O)NC(C)=O)[C@](C)(O)C[C@@H](C)CN(C)[C@H](C)[C@@H](O)[C@]1(C)O. The van der Waals surface area contributed by atoms with Crippen LogP contribution in [-0.4, -0.2) is 218 Å². The van der Waals surface area contributed by atoms with E-state index in [4.69, 9.17) is 33.2 Å². The second-order valence-electron chi connectivity index (χ2n) is 21.0. The van der Waals surface area contributed by atoms with E-state index in [9.17, 15) is 49.5 Å². The molecule has 412 valence electrons. The minimum Gasteiger partial charge on any atom is -0.480 e. The van der Waals surface area contributed by atoms with E-state index in [0.29, 0.717) is 13.0 Å². The molecule has 3 saturated heterocycles. The van der Waals surface area contributed by atoms with Gasteiger partial charge in [-0.15, -0.1) is 0 Å². The zero-order valence-electron chi connectivity index (χ0n) is 44.6. The summed E-state index contributed by atoms with van der Waals surface area (Å²) in [5.74, 6) is -7.25. The van der Waals surface area contributed by atoms with Gasteiger partial charge >= 0.3 is 17.9 Å². The van der Waals surface area contributed by atoms with Crippen LogP contribution in [0.1, 0.15) is 109 Å². The summed E-state index contributed by atoms with van der Waals surface area (Å²) in [7, 11) is 6.81. The van der Waals surface area contributed by atoms with Crippen molar-refractivity contribution in [3.63, 3.8) is 0 Å². The van der Waals surface area contributed by atoms with Crippen molar-refractivity contribution in [3.8, 4) is 0 Å². The molecule has 0 radical (unpaired) electrons. The van der Waals surface area contributed by atoms with Crippen LogP contribution < -0.4 is 5.32 Å². The van der Waals surface area contributed by atoms with Gasteiger partial charge in [0.05, 0.1) is 47.6 Å². The molecule has 3 fully saturated rings. The number of aliphatic hydroxyl groups excluding tert-OH is 2. The van der Waals surface area contributed by atoms with Gasteiger partial charge in [-0.05, 0) is 107 Å². The number of nitrogens with one attached hydrogen (secondary N) is 1. The zero-order chi connectivity index (χ0) is 54.2. The number of carbonyl (C=O) groups excluding carboxylic acids is 4. The van der Waals surface area contributed by atoms with E-state index >= 15 is 0 Å². The minimum atomic E-state index is -1.90. The van der Waals surface area contributed by atoms with Gasteiger partial charge in [0.15, 0.2) is 18.7 Å². The Morgan fingerprint density at radius 3 is 2.11 bits per heavy atom. The van der Waals surface area contributed by atoms with Crippen molar-refractivity contribution in [2.45, 2.75) is 211 Å². The number of carboxylic acid groups (broad SMARTS) is 1. The maximum Gasteiger partial charge on any atom is 0.330 e. The zero-order valence-corrected chi connectivity index (χ0v) is 46.3. The van der Waals surface area contributed by atoms with Crippen molar-refractivity contribution in [2.75, 3.05) is 46.3 Å². The Bertz CT molecular complexity index is 1780. The van der Waals surface area contributed by atoms with Gasteiger partial charge in [-0.25, -0.2) is 9.59 Å². The number of aliphatic hydroxyl groups is 4. The average molecular weight is 1060 g/mol. The number of esters is 2. The van der Waals surface area contributed by atoms with Gasteiger partial charge in [0.25, 0.3) is 0 Å². The van der Waals surface area contributed by atoms with Gasteiger partial charge < -0.3 is 73.8 Å². The first kappa shape index (κ1) is 62.9. The molecule has 3 aliphatic heterocycles. The second-order valence-corrected chi connectivity index (χ2v) is 22.4. The monoisotopic (exact) mass is 1050 g/mol. The van der Waals surface area contributed by atoms with Crippen molar-refractivity contribution in [2.24, 2.45) is 17.8 Å². The third kappa shape index (κ3) is 15.8. The summed E-state index contributed by atoms with van der Waals surface area (Å²) in [6, 6.07) is -3.97. The Balaban J connectivity index is 2.25. The van der Waals surface area contributed by atoms with Crippen molar-refractivity contribution < 1.29 is 82.7 Å². The van der Waals surface area contributed by atoms with Crippen LogP contribution in [-0.2, 0) is 57.1 Å². The van der Waals surface area contributed by atoms with Crippen molar-refractivity contribution in [1.29, 1.82) is 0 Å². The van der Waals surface area contributed by atoms with Crippen LogP contribution in [0.4, 0.5) is 0 Å². The van der Waals surface area contributed by atoms with Crippen molar-refractivity contribution in [1.82, 2.24) is 19.4 Å². The fourth-order valence-corrected chi connectivity index (χ4v) is 11.8. The van der Waals surface area contributed by atoms with Crippen LogP contribution in [0.15, 0.2) is 0 Å². The first-order valence-electron chi connectivity index (χ1n) is 24.6. The lowest BCUT2D eigenvalue weighted by Gasteiger charge is -2.49. The highest BCUT2D eigenvalue weighted by Crippen LogP contribution is 2.41. The number of hydrogen-bond donors (Lipinski definition) is 7. The number of rotatable bonds is 16. The maximum atomic E-state index is 14.6. The lowest BCUT2D eigenvalue weighted by molar-refractivity contribution is -0.319. The van der Waals surface area contributed by atoms with E-state index in [1.54, 1.807) is 69.6 Å². The number of hydrogen-bond acceptors (Lipinski definition) is 20. The van der Waals surface area contributed by atoms with Gasteiger partial charge in [-0.1, -0.05) is 20.8 Å². The molecule has 0 spiro atoms. The van der Waals surface area contributed by atoms with Crippen LogP contribution in [0, 0.1) is 17.8 Å². The number of methoxy groups -OCH3 is 1. The highest BCUT2D eigenvalue weighted by molar-refractivity contribution is 7.97. The highest BCUT2D eigenvalue weighted by Gasteiger charge is 2.53. The molecule has 2 amide bonds. The van der Waals surface area contributed by atoms with Gasteiger partial charge in [0, 0.05) is 57.4 Å². The molecule has 0 aliphatic carbocycles. The number of aliphatic carboxylic acids is 1. The quantitative estimate of drug-likeness (QED) is 0.0660. The number of carboxylic acids is 1. The summed E-state index contributed by atoms with van der Waals surface area (Å²) < 4.78 is 45.7. The van der Waals surface area contributed by atoms with Crippen LogP contribution >= 0.6 is 24.6 Å². The fourth-order valence-electron chi connectivity index (χ4n) is 10.3. The van der Waals surface area contributed by atoms with Crippen LogP contribution in [0.3, 0.4) is 0 Å². The first-order valence-corrected chi connectivity index (χ1v) is 26.1. The van der Waals surface area contributed by atoms with E-state index < -0.39 is 144 Å². The van der Waals surface area contributed by atoms with Gasteiger partial charge in [-0.3, -0.25) is 18.7 Å². The number of nitrogens with zero attached hydrogens (tertiary/aromatic N) is 3. The Labute approximate surface area is 430 Å². The van der Waals surface area contributed by atoms with Crippen LogP contribution in [0.2, 0.25) is 0 Å². The Morgan fingerprint density at radius 2 is 1.59 bits per heavy atom. The maximum absolute atomic E-state index is 14.6. The minimum absolute atomic E-state index is 0.0248. The molecule has 0 saturated carbocycles. The molecule has 0 unspecified atom stereocenters. The molecule has 3 rings (SSSR count). The van der Waals surface area contributed by atoms with Gasteiger partial charge in [0.2, 0.25) is 11.8 Å². The third-order valence-electron chi connectivity index (χ3n) is 14.5. The summed E-state index contributed by atoms with van der Waals surface area (Å²) in [5, 5.41) is 60.0. The number of cyclic esters (lactones) is 1. The average Bonchev–Trinajstić information content (AvgIpc) is 3.27. The fraction of sp³-hybridized carbons (Fsp3) is 0.896. The summed E-state index contributed by atoms with van der Waals surface area (Å²) >= 11 is 4.83. The van der Waals surface area contributed by atoms with E-state index in [1.165, 1.54) is 27.9 Å². The van der Waals surface area contributed by atoms with E-state index in [-0.39, 0.29) is 36.7 Å². The molecule has 20 atom stereocenters. The van der Waals surface area contributed by atoms with E-state index in [2.05, 4.69) is 17.9 Å². The van der Waals surface area contributed by atoms with Crippen molar-refractivity contribution >= 4 is 54.3 Å². The summed E-state index contributed by atoms with van der Waals surface area (Å²) in [6.07, 6.45) is -10.5. The van der Waals surface area contributed by atoms with Crippen LogP contribution in [0.25, 0.3) is 0 Å². The number of likely N-dealkylation sites (N-methyl/N-ethyl adjacent to an activating group) is 2. The van der Waals surface area contributed by atoms with Gasteiger partial charge in [0.1, 0.15) is 36.0 Å². The Hall–Kier alpha value is -2.39. The normalized spacial score (nSPS) is 40.1. The standard InChI is InChI=1S/C48H86N4O17S2/c1-17-35-48(12,62)39(55)28(6)51(15)21-24(2)19-46(10,61)41(26(4)37(27(5)43(59)66-35)67-36-20-47(11,63-16)40(56)29(7)65-36)69-45-38(33(50(13)14)18-25(3)64-45)68-44(60)32(49-30(8)53)23-71-52(31(9)54)34(22-70)42(57)58/h24-29,32-41,45,55-56,61-62,70H,17-23H2,1-16H3,(H,49,53)(H,57,58)/t24-,25-,26+,27-,28-,29+,32+,33+,34+,35-,36+,37+,38-,39-,40+,41-,45+,46-,47-,48-/m1/s1. The molecule has 3 aliphatic rings. The lowest BCUT2D eigenvalue weighted by Crippen LogP contribution is -2.61. The topological polar surface area (TPSA) is 273 Å². The third-order valence-corrected chi connectivity index (χ3v) is 16.1. The Kier molecular flexibility index (Phi) is 23.4. The molecule has 3 heterocycles. The summed E-state index contributed by atoms with van der Waals surface area (Å²) in [5.41, 5.74) is -4.82. The predicted octanol–water partition coefficient (Wildman–Crippen LogP) is 1.84. The van der Waals surface area contributed by atoms with E-state index in [0.717, 1.165) is 16.3 Å². The molecular formula is C48H86N4O17S2. The first-order chi connectivity index (χ1) is 32.8. The summed E-state index contributed by atoms with van der Waals surface area (Å²) in [4.78, 5) is 69.9. The van der Waals surface area contributed by atoms with Crippen molar-refractivity contribution in [3.05, 3.63) is 0 Å². The smallest absolute Gasteiger partial charge is 0.330 e. The molecule has 23 heteroatoms. The molecular weight excluding hydrogens is 969 g/mol. The molecule has 21 nitrogen and oxygen atoms in total. The Morgan fingerprint density at radius 1 is 0.972 bits per heavy atom. The molecule has 6 N–H and O–H groups in total. The number of carbonyl (C=O) groups is 5. The van der Waals surface area contributed by atoms with E-state index in [1.807, 2.05) is 23.6 Å². The largest absolute Gasteiger partial charge is 0.480 e.